The molecule has 0 saturated carbocycles. The number of nitrogens with one attached hydrogen (secondary N) is 2. The Labute approximate surface area is 428 Å². The number of aromatic amines is 2. The Morgan fingerprint density at radius 2 is 1.27 bits per heavy atom. The van der Waals surface area contributed by atoms with Crippen LogP contribution in [0.25, 0.3) is 33.5 Å². The van der Waals surface area contributed by atoms with Crippen molar-refractivity contribution in [2.75, 3.05) is 64.5 Å². The smallest absolute Gasteiger partial charge is 0.490 e. The number of phosphoric ester groups is 2. The number of hydrogen-bond donors (Lipinski definition) is 11. The van der Waals surface area contributed by atoms with Crippen molar-refractivity contribution < 1.29 is 104 Å². The van der Waals surface area contributed by atoms with Gasteiger partial charge in [-0.3, -0.25) is 42.3 Å². The van der Waals surface area contributed by atoms with Crippen LogP contribution >= 0.6 is 31.1 Å². The number of nitrogens with zero attached hydrogens (tertiary/aromatic N) is 10. The maximum absolute atomic E-state index is 14.5. The highest BCUT2D eigenvalue weighted by atomic mass is 31.3. The van der Waals surface area contributed by atoms with Crippen LogP contribution in [0.15, 0.2) is 34.9 Å². The molecule has 0 aromatic carbocycles. The summed E-state index contributed by atoms with van der Waals surface area (Å²) in [4.78, 5) is 100. The number of aromatic nitrogens is 12. The molecule has 3 fully saturated rings. The molecule has 9 rings (SSSR count). The lowest BCUT2D eigenvalue weighted by Gasteiger charge is -2.36. The van der Waals surface area contributed by atoms with E-state index in [9.17, 15) is 62.7 Å². The summed E-state index contributed by atoms with van der Waals surface area (Å²) in [6.45, 7) is -4.00. The van der Waals surface area contributed by atoms with Crippen LogP contribution in [0.4, 0.5) is 17.7 Å². The van der Waals surface area contributed by atoms with Gasteiger partial charge in [0.05, 0.1) is 70.6 Å². The Balaban J connectivity index is 0.897. The molecule has 0 amide bonds. The van der Waals surface area contributed by atoms with E-state index in [0.29, 0.717) is 0 Å². The number of aliphatic hydroxyl groups is 3. The predicted molar refractivity (Wildman–Crippen MR) is 250 cm³/mol. The van der Waals surface area contributed by atoms with Crippen LogP contribution in [0, 0.1) is 11.8 Å². The zero-order valence-electron chi connectivity index (χ0n) is 39.9. The molecular formula is C35H49N15O23P4. The molecule has 0 radical (unpaired) electrons. The second kappa shape index (κ2) is 21.5. The fraction of sp³-hybridized carbons (Fsp3) is 0.571. The summed E-state index contributed by atoms with van der Waals surface area (Å²) < 4.78 is 111. The lowest BCUT2D eigenvalue weighted by molar-refractivity contribution is -0.745. The van der Waals surface area contributed by atoms with Crippen molar-refractivity contribution in [2.24, 2.45) is 18.9 Å². The van der Waals surface area contributed by atoms with E-state index in [-0.39, 0.29) is 57.8 Å². The first-order valence-electron chi connectivity index (χ1n) is 22.3. The number of imidazole rings is 3. The second-order valence-electron chi connectivity index (χ2n) is 17.5. The van der Waals surface area contributed by atoms with Crippen LogP contribution in [-0.4, -0.2) is 173 Å². The van der Waals surface area contributed by atoms with Gasteiger partial charge in [-0.05, 0) is 0 Å². The molecule has 0 spiro atoms. The number of anilines is 3. The molecule has 422 valence electrons. The summed E-state index contributed by atoms with van der Waals surface area (Å²) in [6.07, 6.45) is -9.66. The third-order valence-electron chi connectivity index (χ3n) is 12.5. The van der Waals surface area contributed by atoms with Crippen LogP contribution < -0.4 is 37.8 Å². The molecule has 3 saturated heterocycles. The van der Waals surface area contributed by atoms with Crippen molar-refractivity contribution >= 4 is 82.3 Å². The zero-order chi connectivity index (χ0) is 55.7. The molecule has 9 heterocycles. The summed E-state index contributed by atoms with van der Waals surface area (Å²) in [6, 6.07) is 0. The van der Waals surface area contributed by atoms with Crippen LogP contribution in [0.5, 0.6) is 0 Å². The van der Waals surface area contributed by atoms with E-state index in [0.717, 1.165) is 23.5 Å². The highest BCUT2D eigenvalue weighted by Gasteiger charge is 2.54. The number of nitrogen functional groups attached to an aromatic ring is 3. The lowest BCUT2D eigenvalue weighted by atomic mass is 9.99. The van der Waals surface area contributed by atoms with Gasteiger partial charge in [-0.1, -0.05) is 4.98 Å². The summed E-state index contributed by atoms with van der Waals surface area (Å²) in [5, 5.41) is 33.3. The SMILES string of the molecule is COC[C@@H]1[C@H](P(=O)([O-])OC[C@H]2O[C@@H](n3cnc4c(=O)[nH]c(N)nc43)[C@H](O)[C@@H]2O)[C@@H](COP(=O)(O)OP(=O)(O)OP(=O)(O)OC[C@H]2O[C@@H]([n+]3cn(C)c4c(=O)[nH]c(N)nc43)[C@H](O)[C@@H]2COC)O[C@H]1n1cnc2c(N)ncnc21. The molecule has 6 aromatic heterocycles. The van der Waals surface area contributed by atoms with E-state index in [1.54, 1.807) is 0 Å². The molecule has 16 atom stereocenters. The van der Waals surface area contributed by atoms with E-state index >= 15 is 0 Å². The molecule has 0 bridgehead atoms. The third kappa shape index (κ3) is 11.3. The summed E-state index contributed by atoms with van der Waals surface area (Å²) in [5.74, 6) is -3.09. The zero-order valence-corrected chi connectivity index (χ0v) is 43.5. The number of phosphoric acid groups is 3. The van der Waals surface area contributed by atoms with Crippen molar-refractivity contribution in [2.45, 2.75) is 61.0 Å². The molecule has 4 unspecified atom stereocenters. The molecule has 38 nitrogen and oxygen atoms in total. The van der Waals surface area contributed by atoms with Crippen molar-refractivity contribution in [3.63, 3.8) is 0 Å². The highest BCUT2D eigenvalue weighted by Crippen LogP contribution is 2.68. The van der Waals surface area contributed by atoms with Gasteiger partial charge >= 0.3 is 29.1 Å². The van der Waals surface area contributed by atoms with E-state index in [4.69, 9.17) is 54.5 Å². The summed E-state index contributed by atoms with van der Waals surface area (Å²) >= 11 is 0. The quantitative estimate of drug-likeness (QED) is 0.0241. The molecule has 0 aliphatic carbocycles. The number of aliphatic hydroxyl groups excluding tert-OH is 3. The van der Waals surface area contributed by atoms with Gasteiger partial charge in [-0.25, -0.2) is 38.2 Å². The number of aryl methyl sites for hydroxylation is 1. The van der Waals surface area contributed by atoms with Crippen molar-refractivity contribution in [1.82, 2.24) is 53.6 Å². The van der Waals surface area contributed by atoms with Gasteiger partial charge in [-0.15, -0.1) is 0 Å². The number of nitrogens with two attached hydrogens (primary N) is 3. The number of ether oxygens (including phenoxy) is 5. The van der Waals surface area contributed by atoms with Gasteiger partial charge in [-0.2, -0.15) is 13.6 Å². The Morgan fingerprint density at radius 1 is 0.688 bits per heavy atom. The van der Waals surface area contributed by atoms with Crippen LogP contribution in [-0.2, 0) is 71.2 Å². The molecule has 14 N–H and O–H groups in total. The molecule has 3 aliphatic heterocycles. The number of rotatable bonds is 21. The predicted octanol–water partition coefficient (Wildman–Crippen LogP) is -4.12. The topological polar surface area (TPSA) is 545 Å². The maximum Gasteiger partial charge on any atom is 0.490 e. The fourth-order valence-electron chi connectivity index (χ4n) is 9.27. The number of methoxy groups -OCH3 is 2. The van der Waals surface area contributed by atoms with Gasteiger partial charge in [0.15, 0.2) is 35.2 Å². The minimum atomic E-state index is -6.20. The largest absolute Gasteiger partial charge is 0.778 e. The molecular weight excluding hydrogens is 1120 g/mol. The first-order valence-corrected chi connectivity index (χ1v) is 28.4. The van der Waals surface area contributed by atoms with Gasteiger partial charge in [0.25, 0.3) is 17.1 Å². The van der Waals surface area contributed by atoms with Gasteiger partial charge < -0.3 is 84.9 Å². The Bertz CT molecular complexity index is 3510. The number of H-pyrrole nitrogens is 2. The van der Waals surface area contributed by atoms with E-state index in [1.165, 1.54) is 41.3 Å². The minimum Gasteiger partial charge on any atom is -0.778 e. The monoisotopic (exact) mass is 1170 g/mol. The molecule has 6 aromatic rings. The average Bonchev–Trinajstić information content (AvgIpc) is 4.21. The molecule has 77 heavy (non-hydrogen) atoms. The van der Waals surface area contributed by atoms with Crippen molar-refractivity contribution in [3.8, 4) is 0 Å². The molecule has 42 heteroatoms. The van der Waals surface area contributed by atoms with E-state index in [1.807, 2.05) is 0 Å². The van der Waals surface area contributed by atoms with E-state index < -0.39 is 141 Å². The minimum absolute atomic E-state index is 0.0117. The third-order valence-corrected chi connectivity index (χ3v) is 18.7. The second-order valence-corrected chi connectivity index (χ2v) is 24.1. The Hall–Kier alpha value is -5.11. The average molecular weight is 1170 g/mol. The molecule has 3 aliphatic rings. The summed E-state index contributed by atoms with van der Waals surface area (Å²) in [7, 11) is -19.6. The Morgan fingerprint density at radius 3 is 1.95 bits per heavy atom. The van der Waals surface area contributed by atoms with Crippen LogP contribution in [0.2, 0.25) is 0 Å². The standard InChI is InChI=1S/C35H49N15O23P4/c1-47-12-50(28-20(47)30(55)46-35(38)44-28)32-21(51)13(4-64-2)15(69-32)6-67-75(58,59)72-77(62,63)73-76(60,61)68-8-17-24(14(5-65-3)31(71-17)48-10-41-18-25(36)39-9-40-26(18)48)74(56,57)66-7-16-22(52)23(53)33(70-16)49-11-42-19-27(49)43-34(37)45-29(19)54/h9-17,21-24,31-33,51-53H,4-8H2,1-3H3,(H11-,36,37,38,39,40,43,44,45,46,54,55,56,57,58,59,60,61,62,63)/t13-,14-,15-,16-,17-,21-,22-,23-,24+,31-,32-,33-/m1/s1. The van der Waals surface area contributed by atoms with Gasteiger partial charge in [0.2, 0.25) is 17.7 Å². The van der Waals surface area contributed by atoms with Gasteiger partial charge in [0.1, 0.15) is 50.1 Å². The number of hydrogen-bond acceptors (Lipinski definition) is 29. The Kier molecular flexibility index (Phi) is 15.8. The fourth-order valence-corrected chi connectivity index (χ4v) is 14.6. The first kappa shape index (κ1) is 56.6. The first-order chi connectivity index (χ1) is 36.2. The van der Waals surface area contributed by atoms with Crippen LogP contribution in [0.1, 0.15) is 18.7 Å². The normalized spacial score (nSPS) is 30.0. The van der Waals surface area contributed by atoms with Crippen LogP contribution in [0.3, 0.4) is 0 Å². The summed E-state index contributed by atoms with van der Waals surface area (Å²) in [5.41, 5.74) is 13.8. The van der Waals surface area contributed by atoms with Gasteiger partial charge in [0, 0.05) is 26.1 Å². The van der Waals surface area contributed by atoms with Crippen molar-refractivity contribution in [3.05, 3.63) is 46.0 Å². The maximum atomic E-state index is 14.5. The highest BCUT2D eigenvalue weighted by molar-refractivity contribution is 7.66. The number of fused-ring (bicyclic) bond motifs is 3. The lowest BCUT2D eigenvalue weighted by Crippen LogP contribution is -2.45. The van der Waals surface area contributed by atoms with Crippen molar-refractivity contribution in [1.29, 1.82) is 0 Å². The van der Waals surface area contributed by atoms with E-state index in [2.05, 4.69) is 48.5 Å².